The fourth-order valence-electron chi connectivity index (χ4n) is 3.44. The van der Waals surface area contributed by atoms with E-state index in [9.17, 15) is 4.79 Å². The minimum absolute atomic E-state index is 0.359. The van der Waals surface area contributed by atoms with E-state index < -0.39 is 0 Å². The standard InChI is InChI=1S/C15H27NO/c1-2-3-4-5-8-11-16-15(17)14-12-9-6-7-10-13(12)14/h12-14H,2-11H2,1H3,(H,16,17)/t12-,13-/m1/s1. The summed E-state index contributed by atoms with van der Waals surface area (Å²) in [4.78, 5) is 11.9. The van der Waals surface area contributed by atoms with Gasteiger partial charge in [-0.2, -0.15) is 0 Å². The van der Waals surface area contributed by atoms with Gasteiger partial charge in [-0.1, -0.05) is 45.4 Å². The maximum absolute atomic E-state index is 11.9. The molecule has 2 heteroatoms. The topological polar surface area (TPSA) is 29.1 Å². The van der Waals surface area contributed by atoms with Crippen molar-refractivity contribution >= 4 is 5.91 Å². The first-order chi connectivity index (χ1) is 8.34. The van der Waals surface area contributed by atoms with Crippen molar-refractivity contribution in [2.24, 2.45) is 17.8 Å². The quantitative estimate of drug-likeness (QED) is 0.675. The van der Waals surface area contributed by atoms with Gasteiger partial charge in [0.05, 0.1) is 0 Å². The smallest absolute Gasteiger partial charge is 0.223 e. The number of nitrogens with one attached hydrogen (secondary N) is 1. The minimum Gasteiger partial charge on any atom is -0.356 e. The van der Waals surface area contributed by atoms with Crippen LogP contribution in [0, 0.1) is 17.8 Å². The Morgan fingerprint density at radius 3 is 2.35 bits per heavy atom. The highest BCUT2D eigenvalue weighted by molar-refractivity contribution is 5.82. The van der Waals surface area contributed by atoms with Crippen LogP contribution in [0.5, 0.6) is 0 Å². The molecule has 0 bridgehead atoms. The first kappa shape index (κ1) is 12.9. The van der Waals surface area contributed by atoms with Crippen molar-refractivity contribution in [3.05, 3.63) is 0 Å². The highest BCUT2D eigenvalue weighted by atomic mass is 16.2. The van der Waals surface area contributed by atoms with Crippen LogP contribution in [0.2, 0.25) is 0 Å². The maximum Gasteiger partial charge on any atom is 0.223 e. The highest BCUT2D eigenvalue weighted by Gasteiger charge is 2.54. The molecule has 0 saturated heterocycles. The summed E-state index contributed by atoms with van der Waals surface area (Å²) in [5, 5.41) is 3.14. The molecule has 2 aliphatic rings. The molecule has 1 amide bonds. The van der Waals surface area contributed by atoms with Crippen LogP contribution in [0.1, 0.15) is 64.7 Å². The van der Waals surface area contributed by atoms with E-state index in [1.807, 2.05) is 0 Å². The lowest BCUT2D eigenvalue weighted by atomic mass is 10.0. The molecular weight excluding hydrogens is 210 g/mol. The third-order valence-electron chi connectivity index (χ3n) is 4.54. The van der Waals surface area contributed by atoms with Crippen molar-refractivity contribution in [3.63, 3.8) is 0 Å². The lowest BCUT2D eigenvalue weighted by Gasteiger charge is -2.04. The van der Waals surface area contributed by atoms with Gasteiger partial charge < -0.3 is 5.32 Å². The summed E-state index contributed by atoms with van der Waals surface area (Å²) in [6.45, 7) is 3.13. The van der Waals surface area contributed by atoms with Gasteiger partial charge in [0.2, 0.25) is 5.91 Å². The van der Waals surface area contributed by atoms with E-state index in [4.69, 9.17) is 0 Å². The van der Waals surface area contributed by atoms with Crippen LogP contribution in [-0.4, -0.2) is 12.5 Å². The van der Waals surface area contributed by atoms with Gasteiger partial charge in [0.15, 0.2) is 0 Å². The molecule has 2 fully saturated rings. The number of amides is 1. The molecule has 0 spiro atoms. The lowest BCUT2D eigenvalue weighted by molar-refractivity contribution is -0.122. The molecule has 0 aromatic heterocycles. The average Bonchev–Trinajstić information content (AvgIpc) is 3.07. The summed E-state index contributed by atoms with van der Waals surface area (Å²) >= 11 is 0. The van der Waals surface area contributed by atoms with Crippen molar-refractivity contribution in [2.45, 2.75) is 64.7 Å². The van der Waals surface area contributed by atoms with Gasteiger partial charge in [0.1, 0.15) is 0 Å². The van der Waals surface area contributed by atoms with Crippen molar-refractivity contribution in [1.29, 1.82) is 0 Å². The summed E-state index contributed by atoms with van der Waals surface area (Å²) in [6, 6.07) is 0. The van der Waals surface area contributed by atoms with Gasteiger partial charge in [0.25, 0.3) is 0 Å². The summed E-state index contributed by atoms with van der Waals surface area (Å²) in [5.74, 6) is 2.26. The molecule has 98 valence electrons. The Labute approximate surface area is 106 Å². The molecular formula is C15H27NO. The number of rotatable bonds is 7. The molecule has 0 radical (unpaired) electrons. The number of carbonyl (C=O) groups is 1. The Bertz CT molecular complexity index is 239. The normalized spacial score (nSPS) is 30.8. The first-order valence-electron chi connectivity index (χ1n) is 7.62. The minimum atomic E-state index is 0.359. The molecule has 2 rings (SSSR count). The van der Waals surface area contributed by atoms with Crippen molar-refractivity contribution in [2.75, 3.05) is 6.54 Å². The lowest BCUT2D eigenvalue weighted by Crippen LogP contribution is -2.27. The van der Waals surface area contributed by atoms with Gasteiger partial charge in [-0.15, -0.1) is 0 Å². The van der Waals surface area contributed by atoms with Gasteiger partial charge >= 0.3 is 0 Å². The SMILES string of the molecule is CCCCCCCNC(=O)C1[C@@H]2CCCC[C@@H]12. The summed E-state index contributed by atoms with van der Waals surface area (Å²) in [5.41, 5.74) is 0. The molecule has 2 aliphatic carbocycles. The monoisotopic (exact) mass is 237 g/mol. The van der Waals surface area contributed by atoms with E-state index in [0.29, 0.717) is 11.8 Å². The van der Waals surface area contributed by atoms with Crippen LogP contribution < -0.4 is 5.32 Å². The number of fused-ring (bicyclic) bond motifs is 1. The zero-order valence-corrected chi connectivity index (χ0v) is 11.2. The second kappa shape index (κ2) is 6.42. The number of hydrogen-bond donors (Lipinski definition) is 1. The molecule has 0 heterocycles. The maximum atomic E-state index is 11.9. The van der Waals surface area contributed by atoms with Crippen molar-refractivity contribution < 1.29 is 4.79 Å². The highest BCUT2D eigenvalue weighted by Crippen LogP contribution is 2.55. The molecule has 17 heavy (non-hydrogen) atoms. The average molecular weight is 237 g/mol. The third-order valence-corrected chi connectivity index (χ3v) is 4.54. The van der Waals surface area contributed by atoms with Crippen LogP contribution in [0.15, 0.2) is 0 Å². The first-order valence-corrected chi connectivity index (χ1v) is 7.62. The van der Waals surface area contributed by atoms with E-state index in [1.165, 1.54) is 51.4 Å². The molecule has 2 nitrogen and oxygen atoms in total. The second-order valence-electron chi connectivity index (χ2n) is 5.84. The van der Waals surface area contributed by atoms with Crippen LogP contribution in [-0.2, 0) is 4.79 Å². The van der Waals surface area contributed by atoms with Crippen LogP contribution in [0.4, 0.5) is 0 Å². The molecule has 0 aliphatic heterocycles. The summed E-state index contributed by atoms with van der Waals surface area (Å²) in [7, 11) is 0. The molecule has 2 atom stereocenters. The molecule has 0 aromatic rings. The van der Waals surface area contributed by atoms with Crippen molar-refractivity contribution in [1.82, 2.24) is 5.32 Å². The van der Waals surface area contributed by atoms with Crippen LogP contribution in [0.3, 0.4) is 0 Å². The zero-order valence-electron chi connectivity index (χ0n) is 11.2. The van der Waals surface area contributed by atoms with E-state index in [2.05, 4.69) is 12.2 Å². The molecule has 1 N–H and O–H groups in total. The molecule has 0 unspecified atom stereocenters. The van der Waals surface area contributed by atoms with E-state index in [1.54, 1.807) is 0 Å². The summed E-state index contributed by atoms with van der Waals surface area (Å²) < 4.78 is 0. The Balaban J connectivity index is 1.53. The van der Waals surface area contributed by atoms with Gasteiger partial charge in [0, 0.05) is 12.5 Å². The zero-order chi connectivity index (χ0) is 12.1. The van der Waals surface area contributed by atoms with E-state index >= 15 is 0 Å². The van der Waals surface area contributed by atoms with Gasteiger partial charge in [-0.25, -0.2) is 0 Å². The van der Waals surface area contributed by atoms with Crippen LogP contribution >= 0.6 is 0 Å². The Morgan fingerprint density at radius 2 is 1.71 bits per heavy atom. The fraction of sp³-hybridized carbons (Fsp3) is 0.933. The summed E-state index contributed by atoms with van der Waals surface area (Å²) in [6.07, 6.45) is 11.7. The van der Waals surface area contributed by atoms with E-state index in [-0.39, 0.29) is 0 Å². The Hall–Kier alpha value is -0.530. The third kappa shape index (κ3) is 3.46. The predicted octanol–water partition coefficient (Wildman–Crippen LogP) is 3.51. The van der Waals surface area contributed by atoms with Gasteiger partial charge in [-0.3, -0.25) is 4.79 Å². The molecule has 2 saturated carbocycles. The Morgan fingerprint density at radius 1 is 1.06 bits per heavy atom. The number of unbranched alkanes of at least 4 members (excludes halogenated alkanes) is 4. The second-order valence-corrected chi connectivity index (χ2v) is 5.84. The van der Waals surface area contributed by atoms with Crippen LogP contribution in [0.25, 0.3) is 0 Å². The fourth-order valence-corrected chi connectivity index (χ4v) is 3.44. The number of hydrogen-bond acceptors (Lipinski definition) is 1. The predicted molar refractivity (Wildman–Crippen MR) is 70.7 cm³/mol. The molecule has 0 aromatic carbocycles. The largest absolute Gasteiger partial charge is 0.356 e. The van der Waals surface area contributed by atoms with E-state index in [0.717, 1.165) is 24.8 Å². The van der Waals surface area contributed by atoms with Gasteiger partial charge in [-0.05, 0) is 31.1 Å². The Kier molecular flexibility index (Phi) is 4.87. The van der Waals surface area contributed by atoms with Crippen molar-refractivity contribution in [3.8, 4) is 0 Å². The number of carbonyl (C=O) groups excluding carboxylic acids is 1.